The molecule has 0 bridgehead atoms. The summed E-state index contributed by atoms with van der Waals surface area (Å²) in [6, 6.07) is 10.5. The first-order valence-electron chi connectivity index (χ1n) is 8.41. The quantitative estimate of drug-likeness (QED) is 0.706. The SMILES string of the molecule is COCc1nc(NCC2CCC2)c2c(-c3ccccc3)csc2n1. The lowest BCUT2D eigenvalue weighted by Gasteiger charge is -2.25. The van der Waals surface area contributed by atoms with Gasteiger partial charge in [-0.15, -0.1) is 11.3 Å². The van der Waals surface area contributed by atoms with Gasteiger partial charge < -0.3 is 10.1 Å². The minimum atomic E-state index is 0.437. The standard InChI is InChI=1S/C19H21N3OS/c1-23-11-16-21-18(20-10-13-6-5-7-13)17-15(12-24-19(17)22-16)14-8-3-2-4-9-14/h2-4,8-9,12-13H,5-7,10-11H2,1H3,(H,20,21,22). The molecule has 0 unspecified atom stereocenters. The maximum Gasteiger partial charge on any atom is 0.158 e. The topological polar surface area (TPSA) is 47.0 Å². The highest BCUT2D eigenvalue weighted by Crippen LogP contribution is 2.37. The fourth-order valence-corrected chi connectivity index (χ4v) is 4.04. The molecule has 4 nitrogen and oxygen atoms in total. The third-order valence-electron chi connectivity index (χ3n) is 4.62. The minimum Gasteiger partial charge on any atom is -0.377 e. The fraction of sp³-hybridized carbons (Fsp3) is 0.368. The van der Waals surface area contributed by atoms with Gasteiger partial charge in [-0.3, -0.25) is 0 Å². The molecular weight excluding hydrogens is 318 g/mol. The van der Waals surface area contributed by atoms with E-state index < -0.39 is 0 Å². The van der Waals surface area contributed by atoms with Gasteiger partial charge in [0.25, 0.3) is 0 Å². The number of thiophene rings is 1. The van der Waals surface area contributed by atoms with E-state index in [4.69, 9.17) is 9.72 Å². The molecule has 1 fully saturated rings. The Balaban J connectivity index is 1.77. The van der Waals surface area contributed by atoms with Crippen molar-refractivity contribution < 1.29 is 4.74 Å². The van der Waals surface area contributed by atoms with Crippen LogP contribution in [-0.2, 0) is 11.3 Å². The summed E-state index contributed by atoms with van der Waals surface area (Å²) in [6.45, 7) is 1.43. The Bertz CT molecular complexity index is 827. The van der Waals surface area contributed by atoms with E-state index in [1.54, 1.807) is 18.4 Å². The average Bonchev–Trinajstić information content (AvgIpc) is 2.98. The summed E-state index contributed by atoms with van der Waals surface area (Å²) in [5.41, 5.74) is 2.41. The number of benzene rings is 1. The Morgan fingerprint density at radius 1 is 1.21 bits per heavy atom. The molecule has 0 saturated heterocycles. The van der Waals surface area contributed by atoms with Gasteiger partial charge in [0.05, 0.1) is 5.39 Å². The Morgan fingerprint density at radius 3 is 2.75 bits per heavy atom. The van der Waals surface area contributed by atoms with Crippen molar-refractivity contribution in [1.29, 1.82) is 0 Å². The van der Waals surface area contributed by atoms with E-state index in [1.807, 2.05) is 6.07 Å². The highest BCUT2D eigenvalue weighted by molar-refractivity contribution is 7.17. The van der Waals surface area contributed by atoms with E-state index in [0.29, 0.717) is 6.61 Å². The van der Waals surface area contributed by atoms with Crippen molar-refractivity contribution in [2.45, 2.75) is 25.9 Å². The van der Waals surface area contributed by atoms with Crippen LogP contribution in [0.5, 0.6) is 0 Å². The van der Waals surface area contributed by atoms with Crippen molar-refractivity contribution in [2.24, 2.45) is 5.92 Å². The second-order valence-corrected chi connectivity index (χ2v) is 7.15. The number of anilines is 1. The zero-order chi connectivity index (χ0) is 16.4. The van der Waals surface area contributed by atoms with Gasteiger partial charge in [-0.25, -0.2) is 9.97 Å². The van der Waals surface area contributed by atoms with Crippen LogP contribution in [0.2, 0.25) is 0 Å². The van der Waals surface area contributed by atoms with Crippen LogP contribution in [0.15, 0.2) is 35.7 Å². The lowest BCUT2D eigenvalue weighted by molar-refractivity contribution is 0.178. The lowest BCUT2D eigenvalue weighted by atomic mass is 9.85. The van der Waals surface area contributed by atoms with Crippen molar-refractivity contribution in [3.63, 3.8) is 0 Å². The molecule has 24 heavy (non-hydrogen) atoms. The van der Waals surface area contributed by atoms with E-state index in [9.17, 15) is 0 Å². The molecule has 2 aromatic heterocycles. The number of aromatic nitrogens is 2. The molecule has 0 atom stereocenters. The van der Waals surface area contributed by atoms with Crippen molar-refractivity contribution >= 4 is 27.4 Å². The molecule has 124 valence electrons. The summed E-state index contributed by atoms with van der Waals surface area (Å²) in [4.78, 5) is 10.4. The normalized spacial score (nSPS) is 14.7. The van der Waals surface area contributed by atoms with Crippen molar-refractivity contribution in [1.82, 2.24) is 9.97 Å². The second kappa shape index (κ2) is 6.87. The molecule has 1 N–H and O–H groups in total. The number of nitrogens with zero attached hydrogens (tertiary/aromatic N) is 2. The highest BCUT2D eigenvalue weighted by Gasteiger charge is 2.19. The average molecular weight is 339 g/mol. The summed E-state index contributed by atoms with van der Waals surface area (Å²) in [5, 5.41) is 6.89. The Kier molecular flexibility index (Phi) is 4.45. The molecule has 4 rings (SSSR count). The first-order valence-corrected chi connectivity index (χ1v) is 9.29. The Hall–Kier alpha value is -1.98. The fourth-order valence-electron chi connectivity index (χ4n) is 3.08. The summed E-state index contributed by atoms with van der Waals surface area (Å²) >= 11 is 1.67. The molecule has 0 amide bonds. The maximum absolute atomic E-state index is 5.23. The van der Waals surface area contributed by atoms with Crippen LogP contribution in [0.4, 0.5) is 5.82 Å². The molecule has 5 heteroatoms. The van der Waals surface area contributed by atoms with E-state index >= 15 is 0 Å². The molecule has 3 aromatic rings. The van der Waals surface area contributed by atoms with Crippen LogP contribution in [0.1, 0.15) is 25.1 Å². The summed E-state index contributed by atoms with van der Waals surface area (Å²) in [7, 11) is 1.68. The number of methoxy groups -OCH3 is 1. The number of fused-ring (bicyclic) bond motifs is 1. The van der Waals surface area contributed by atoms with E-state index in [0.717, 1.165) is 34.3 Å². The van der Waals surface area contributed by atoms with Crippen LogP contribution in [0.25, 0.3) is 21.3 Å². The van der Waals surface area contributed by atoms with Gasteiger partial charge in [0.15, 0.2) is 5.82 Å². The maximum atomic E-state index is 5.23. The molecule has 0 radical (unpaired) electrons. The lowest BCUT2D eigenvalue weighted by Crippen LogP contribution is -2.21. The van der Waals surface area contributed by atoms with E-state index in [-0.39, 0.29) is 0 Å². The smallest absolute Gasteiger partial charge is 0.158 e. The predicted octanol–water partition coefficient (Wildman–Crippen LogP) is 4.72. The molecule has 1 aromatic carbocycles. The third-order valence-corrected chi connectivity index (χ3v) is 5.49. The van der Waals surface area contributed by atoms with Crippen LogP contribution in [0, 0.1) is 5.92 Å². The zero-order valence-corrected chi connectivity index (χ0v) is 14.6. The van der Waals surface area contributed by atoms with Gasteiger partial charge >= 0.3 is 0 Å². The van der Waals surface area contributed by atoms with Crippen LogP contribution >= 0.6 is 11.3 Å². The molecule has 1 saturated carbocycles. The predicted molar refractivity (Wildman–Crippen MR) is 99.4 cm³/mol. The Labute approximate surface area is 145 Å². The molecule has 2 heterocycles. The van der Waals surface area contributed by atoms with Crippen molar-refractivity contribution in [3.8, 4) is 11.1 Å². The molecule has 1 aliphatic carbocycles. The highest BCUT2D eigenvalue weighted by atomic mass is 32.1. The molecule has 0 aliphatic heterocycles. The van der Waals surface area contributed by atoms with Gasteiger partial charge in [-0.1, -0.05) is 36.8 Å². The largest absolute Gasteiger partial charge is 0.377 e. The second-order valence-electron chi connectivity index (χ2n) is 6.29. The van der Waals surface area contributed by atoms with Gasteiger partial charge in [-0.2, -0.15) is 0 Å². The summed E-state index contributed by atoms with van der Waals surface area (Å²) in [6.07, 6.45) is 4.00. The number of nitrogens with one attached hydrogen (secondary N) is 1. The minimum absolute atomic E-state index is 0.437. The number of hydrogen-bond donors (Lipinski definition) is 1. The van der Waals surface area contributed by atoms with Gasteiger partial charge in [-0.05, 0) is 24.3 Å². The Morgan fingerprint density at radius 2 is 2.04 bits per heavy atom. The first-order chi connectivity index (χ1) is 11.8. The summed E-state index contributed by atoms with van der Waals surface area (Å²) in [5.74, 6) is 2.46. The molecule has 0 spiro atoms. The zero-order valence-electron chi connectivity index (χ0n) is 13.8. The number of ether oxygens (including phenoxy) is 1. The van der Waals surface area contributed by atoms with Crippen LogP contribution in [0.3, 0.4) is 0 Å². The number of hydrogen-bond acceptors (Lipinski definition) is 5. The van der Waals surface area contributed by atoms with E-state index in [2.05, 4.69) is 39.9 Å². The molecular formula is C19H21N3OS. The van der Waals surface area contributed by atoms with Gasteiger partial charge in [0, 0.05) is 24.6 Å². The number of rotatable bonds is 6. The first kappa shape index (κ1) is 15.5. The van der Waals surface area contributed by atoms with E-state index in [1.165, 1.54) is 30.4 Å². The summed E-state index contributed by atoms with van der Waals surface area (Å²) < 4.78 is 5.23. The van der Waals surface area contributed by atoms with Gasteiger partial charge in [0.2, 0.25) is 0 Å². The van der Waals surface area contributed by atoms with Crippen LogP contribution in [-0.4, -0.2) is 23.6 Å². The van der Waals surface area contributed by atoms with Crippen molar-refractivity contribution in [2.75, 3.05) is 19.0 Å². The van der Waals surface area contributed by atoms with Gasteiger partial charge in [0.1, 0.15) is 17.3 Å². The van der Waals surface area contributed by atoms with Crippen molar-refractivity contribution in [3.05, 3.63) is 41.5 Å². The molecule has 1 aliphatic rings. The monoisotopic (exact) mass is 339 g/mol. The third kappa shape index (κ3) is 3.01. The van der Waals surface area contributed by atoms with Crippen LogP contribution < -0.4 is 5.32 Å².